The Kier molecular flexibility index (Phi) is 24.1. The summed E-state index contributed by atoms with van der Waals surface area (Å²) in [5.41, 5.74) is 8.48. The number of amides is 3. The van der Waals surface area contributed by atoms with Crippen molar-refractivity contribution in [1.82, 2.24) is 16.0 Å². The number of carboxylic acid groups (broad SMARTS) is 2. The van der Waals surface area contributed by atoms with Crippen LogP contribution >= 0.6 is 0 Å². The molecule has 0 aromatic rings. The van der Waals surface area contributed by atoms with Crippen LogP contribution in [-0.2, 0) is 61.9 Å². The molecule has 4 aliphatic rings. The van der Waals surface area contributed by atoms with Gasteiger partial charge in [-0.25, -0.2) is 9.59 Å². The molecule has 4 aliphatic heterocycles. The molecule has 17 N–H and O–H groups in total. The zero-order valence-electron chi connectivity index (χ0n) is 40.9. The topological polar surface area (TPSA) is 527 Å². The number of carbonyl (C=O) groups is 5. The van der Waals surface area contributed by atoms with Crippen LogP contribution in [0.15, 0.2) is 5.11 Å². The molecule has 4 heterocycles. The first-order chi connectivity index (χ1) is 35.3. The first kappa shape index (κ1) is 63.4. The highest BCUT2D eigenvalue weighted by Crippen LogP contribution is 2.40. The zero-order chi connectivity index (χ0) is 56.1. The molecule has 4 rings (SSSR count). The van der Waals surface area contributed by atoms with Gasteiger partial charge in [-0.2, -0.15) is 0 Å². The lowest BCUT2D eigenvalue weighted by atomic mass is 9.88. The first-order valence-electron chi connectivity index (χ1n) is 23.8. The largest absolute Gasteiger partial charge is 0.477 e. The molecule has 0 aromatic carbocycles. The number of aliphatic carboxylic acids is 2. The van der Waals surface area contributed by atoms with Crippen LogP contribution in [-0.4, -0.2) is 275 Å². The van der Waals surface area contributed by atoms with Crippen LogP contribution in [0, 0.1) is 0 Å². The molecule has 4 fully saturated rings. The van der Waals surface area contributed by atoms with Crippen LogP contribution in [0.3, 0.4) is 0 Å². The van der Waals surface area contributed by atoms with E-state index in [2.05, 4.69) is 26.0 Å². The molecule has 4 saturated heterocycles. The molecule has 0 radical (unpaired) electrons. The molecule has 3 amide bonds. The lowest BCUT2D eigenvalue weighted by Crippen LogP contribution is -2.71. The van der Waals surface area contributed by atoms with Crippen molar-refractivity contribution < 1.29 is 133 Å². The van der Waals surface area contributed by atoms with Crippen molar-refractivity contribution in [2.75, 3.05) is 39.6 Å². The Hall–Kier alpha value is -4.14. The number of unbranched alkanes of at least 4 members (excludes halogenated alkanes) is 3. The number of ether oxygens (including phenoxy) is 8. The van der Waals surface area contributed by atoms with Gasteiger partial charge in [-0.05, 0) is 18.4 Å². The second-order valence-corrected chi connectivity index (χ2v) is 18.5. The van der Waals surface area contributed by atoms with E-state index in [1.54, 1.807) is 0 Å². The maximum Gasteiger partial charge on any atom is 0.364 e. The molecule has 33 heteroatoms. The van der Waals surface area contributed by atoms with Crippen LogP contribution in [0.1, 0.15) is 59.3 Å². The van der Waals surface area contributed by atoms with Crippen molar-refractivity contribution in [3.05, 3.63) is 10.4 Å². The second-order valence-electron chi connectivity index (χ2n) is 18.5. The van der Waals surface area contributed by atoms with Gasteiger partial charge in [0.1, 0.15) is 85.4 Å². The van der Waals surface area contributed by atoms with Crippen molar-refractivity contribution in [1.29, 1.82) is 0 Å². The number of carbonyl (C=O) groups excluding carboxylic acids is 3. The van der Waals surface area contributed by atoms with Gasteiger partial charge >= 0.3 is 11.9 Å². The summed E-state index contributed by atoms with van der Waals surface area (Å²) in [6, 6.07) is -4.88. The van der Waals surface area contributed by atoms with Crippen LogP contribution in [0.4, 0.5) is 0 Å². The van der Waals surface area contributed by atoms with Crippen LogP contribution in [0.5, 0.6) is 0 Å². The van der Waals surface area contributed by atoms with E-state index in [-0.39, 0.29) is 13.2 Å². The fourth-order valence-electron chi connectivity index (χ4n) is 9.06. The van der Waals surface area contributed by atoms with E-state index in [1.165, 1.54) is 0 Å². The summed E-state index contributed by atoms with van der Waals surface area (Å²) >= 11 is 0. The molecule has 33 nitrogen and oxygen atoms in total. The van der Waals surface area contributed by atoms with Crippen molar-refractivity contribution in [2.45, 2.75) is 193 Å². The Labute approximate surface area is 426 Å². The molecule has 22 atom stereocenters. The summed E-state index contributed by atoms with van der Waals surface area (Å²) in [6.07, 6.45) is -35.8. The van der Waals surface area contributed by atoms with Gasteiger partial charge < -0.3 is 125 Å². The lowest BCUT2D eigenvalue weighted by Gasteiger charge is -2.51. The Bertz CT molecular complexity index is 1940. The molecule has 75 heavy (non-hydrogen) atoms. The maximum absolute atomic E-state index is 13.3. The van der Waals surface area contributed by atoms with E-state index in [4.69, 9.17) is 43.4 Å². The highest BCUT2D eigenvalue weighted by atomic mass is 16.8. The SMILES string of the molecule is CC(=O)N[C@H]1[C@H](OCCCCCCN=[N+]=[N-])O[C@H](CO)[C@@H](O[C@@H]2O[C@H](CO[C@]3(C(=O)O)C[C@H](O)[C@@H](NC(C)=O)[C@H]([C@H](O)[C@H](O)CO)O3)[C@H](O)[C@H](O[C@]3(C(=O)O)C[C@H](O)[C@@H](NC(C)=O)[C@H]([C@H](O)[C@H](O)CO)O3)[C@H]2O)[C@@H]1O. The number of rotatable bonds is 27. The molecule has 0 unspecified atom stereocenters. The number of azide groups is 1. The smallest absolute Gasteiger partial charge is 0.364 e. The summed E-state index contributed by atoms with van der Waals surface area (Å²) in [4.78, 5) is 65.7. The Morgan fingerprint density at radius 3 is 1.65 bits per heavy atom. The fraction of sp³-hybridized carbons (Fsp3) is 0.881. The summed E-state index contributed by atoms with van der Waals surface area (Å²) in [5, 5.41) is 162. The molecule has 0 bridgehead atoms. The number of nitrogens with one attached hydrogen (secondary N) is 3. The summed E-state index contributed by atoms with van der Waals surface area (Å²) < 4.78 is 46.5. The minimum atomic E-state index is -3.31. The number of nitrogens with zero attached hydrogens (tertiary/aromatic N) is 3. The summed E-state index contributed by atoms with van der Waals surface area (Å²) in [6.45, 7) is -1.25. The number of hydrogen-bond donors (Lipinski definition) is 17. The highest BCUT2D eigenvalue weighted by Gasteiger charge is 2.62. The second kappa shape index (κ2) is 28.5. The molecule has 0 aromatic heterocycles. The molecular weight excluding hydrogens is 1020 g/mol. The molecule has 430 valence electrons. The van der Waals surface area contributed by atoms with Gasteiger partial charge in [0.15, 0.2) is 12.6 Å². The highest BCUT2D eigenvalue weighted by molar-refractivity contribution is 5.77. The van der Waals surface area contributed by atoms with E-state index in [1.807, 2.05) is 0 Å². The van der Waals surface area contributed by atoms with Gasteiger partial charge in [-0.15, -0.1) is 0 Å². The third kappa shape index (κ3) is 15.8. The van der Waals surface area contributed by atoms with Crippen molar-refractivity contribution in [3.8, 4) is 0 Å². The summed E-state index contributed by atoms with van der Waals surface area (Å²) in [5.74, 6) is -13.0. The van der Waals surface area contributed by atoms with Gasteiger partial charge in [0.2, 0.25) is 17.7 Å². The maximum atomic E-state index is 13.3. The molecule has 0 saturated carbocycles. The lowest BCUT2D eigenvalue weighted by molar-refractivity contribution is -0.388. The van der Waals surface area contributed by atoms with Gasteiger partial charge in [0.25, 0.3) is 11.6 Å². The minimum absolute atomic E-state index is 0.0135. The average molecular weight is 1090 g/mol. The predicted molar refractivity (Wildman–Crippen MR) is 239 cm³/mol. The van der Waals surface area contributed by atoms with Gasteiger partial charge in [-0.1, -0.05) is 18.0 Å². The Morgan fingerprint density at radius 1 is 0.667 bits per heavy atom. The van der Waals surface area contributed by atoms with Crippen LogP contribution in [0.2, 0.25) is 0 Å². The zero-order valence-corrected chi connectivity index (χ0v) is 40.9. The first-order valence-corrected chi connectivity index (χ1v) is 23.8. The third-order valence-corrected chi connectivity index (χ3v) is 12.8. The van der Waals surface area contributed by atoms with E-state index in [0.29, 0.717) is 25.7 Å². The number of carboxylic acids is 2. The fourth-order valence-corrected chi connectivity index (χ4v) is 9.06. The normalized spacial score (nSPS) is 37.7. The molecular formula is C42H70N6O27. The standard InChI is InChI=1S/C42H70N6O27/c1-16(52)45-25-19(55)10-41(39(64)65,73-34(25)28(59)21(57)12-49)69-15-24-30(61)36(75-42(40(66)67)11-20(56)26(46-17(2)53)35(74-42)29(60)22(58)13-50)32(63)38(71-24)72-33-23(14-51)70-37(27(31(33)62)47-18(3)54)68-9-7-5-4-6-8-44-48-43/h19-38,49-51,55-63H,4-15H2,1-3H3,(H,45,52)(H,46,53)(H,47,54)(H,64,65)(H,66,67)/t19-,20-,21+,22+,23+,24+,25+,26+,27+,28+,29+,30-,31+,32+,33+,34+,35+,36-,37+,38-,41+,42-/m0/s1. The molecule has 0 spiro atoms. The average Bonchev–Trinajstić information content (AvgIpc) is 3.35. The predicted octanol–water partition coefficient (Wildman–Crippen LogP) is -8.01. The van der Waals surface area contributed by atoms with E-state index >= 15 is 0 Å². The molecule has 0 aliphatic carbocycles. The van der Waals surface area contributed by atoms with Crippen molar-refractivity contribution in [3.63, 3.8) is 0 Å². The van der Waals surface area contributed by atoms with Gasteiger partial charge in [0, 0.05) is 51.7 Å². The monoisotopic (exact) mass is 1090 g/mol. The van der Waals surface area contributed by atoms with Gasteiger partial charge in [-0.3, -0.25) is 14.4 Å². The van der Waals surface area contributed by atoms with Crippen LogP contribution in [0.25, 0.3) is 10.4 Å². The quantitative estimate of drug-likeness (QED) is 0.0157. The van der Waals surface area contributed by atoms with E-state index in [9.17, 15) is 95.5 Å². The Balaban J connectivity index is 1.77. The van der Waals surface area contributed by atoms with E-state index in [0.717, 1.165) is 20.8 Å². The third-order valence-electron chi connectivity index (χ3n) is 12.8. The van der Waals surface area contributed by atoms with Gasteiger partial charge in [0.05, 0.1) is 50.7 Å². The minimum Gasteiger partial charge on any atom is -0.477 e. The van der Waals surface area contributed by atoms with Crippen molar-refractivity contribution in [2.24, 2.45) is 5.11 Å². The van der Waals surface area contributed by atoms with Crippen molar-refractivity contribution >= 4 is 29.7 Å². The number of hydrogen-bond acceptors (Lipinski definition) is 26. The summed E-state index contributed by atoms with van der Waals surface area (Å²) in [7, 11) is 0. The van der Waals surface area contributed by atoms with E-state index < -0.39 is 203 Å². The Morgan fingerprint density at radius 2 is 1.16 bits per heavy atom. The van der Waals surface area contributed by atoms with Crippen LogP contribution < -0.4 is 16.0 Å². The number of aliphatic hydroxyl groups is 12. The number of aliphatic hydroxyl groups excluding tert-OH is 12.